The van der Waals surface area contributed by atoms with E-state index >= 15 is 0 Å². The average molecular weight is 185 g/mol. The van der Waals surface area contributed by atoms with Crippen LogP contribution in [0.2, 0.25) is 0 Å². The summed E-state index contributed by atoms with van der Waals surface area (Å²) < 4.78 is 17.4. The van der Waals surface area contributed by atoms with Gasteiger partial charge in [0, 0.05) is 7.11 Å². The Morgan fingerprint density at radius 1 is 1.54 bits per heavy atom. The largest absolute Gasteiger partial charge is 0.384 e. The first-order chi connectivity index (χ1) is 6.15. The van der Waals surface area contributed by atoms with Gasteiger partial charge in [-0.1, -0.05) is 0 Å². The summed E-state index contributed by atoms with van der Waals surface area (Å²) in [5.74, 6) is -0.416. The molecule has 1 rings (SSSR count). The molecule has 1 N–H and O–H groups in total. The van der Waals surface area contributed by atoms with Crippen LogP contribution in [-0.4, -0.2) is 23.3 Å². The zero-order chi connectivity index (χ0) is 9.84. The Hall–Kier alpha value is -1.00. The van der Waals surface area contributed by atoms with Crippen molar-refractivity contribution in [2.24, 2.45) is 0 Å². The highest BCUT2D eigenvalue weighted by molar-refractivity contribution is 5.08. The molecule has 3 nitrogen and oxygen atoms in total. The number of aliphatic hydroxyl groups is 1. The highest BCUT2D eigenvalue weighted by Crippen LogP contribution is 2.15. The lowest BCUT2D eigenvalue weighted by atomic mass is 10.1. The Balaban J connectivity index is 2.77. The second-order valence-corrected chi connectivity index (χ2v) is 2.79. The van der Waals surface area contributed by atoms with Gasteiger partial charge in [-0.3, -0.25) is 4.98 Å². The van der Waals surface area contributed by atoms with Gasteiger partial charge in [-0.05, 0) is 19.1 Å². The highest BCUT2D eigenvalue weighted by atomic mass is 19.1. The summed E-state index contributed by atoms with van der Waals surface area (Å²) in [6, 6.07) is 2.70. The Morgan fingerprint density at radius 2 is 2.23 bits per heavy atom. The molecule has 0 radical (unpaired) electrons. The van der Waals surface area contributed by atoms with Crippen LogP contribution in [0.15, 0.2) is 18.3 Å². The van der Waals surface area contributed by atoms with Crippen LogP contribution in [0.4, 0.5) is 4.39 Å². The van der Waals surface area contributed by atoms with E-state index in [0.717, 1.165) is 6.20 Å². The molecule has 0 saturated carbocycles. The first-order valence-corrected chi connectivity index (χ1v) is 3.97. The van der Waals surface area contributed by atoms with Gasteiger partial charge in [0.25, 0.3) is 0 Å². The van der Waals surface area contributed by atoms with E-state index in [9.17, 15) is 9.50 Å². The summed E-state index contributed by atoms with van der Waals surface area (Å²) >= 11 is 0. The number of rotatable bonds is 3. The lowest BCUT2D eigenvalue weighted by molar-refractivity contribution is -0.00364. The number of aromatic nitrogens is 1. The highest BCUT2D eigenvalue weighted by Gasteiger charge is 2.16. The van der Waals surface area contributed by atoms with Crippen molar-refractivity contribution in [3.63, 3.8) is 0 Å². The summed E-state index contributed by atoms with van der Waals surface area (Å²) in [6.45, 7) is 1.72. The van der Waals surface area contributed by atoms with Crippen molar-refractivity contribution in [2.75, 3.05) is 7.11 Å². The molecule has 0 aliphatic rings. The minimum atomic E-state index is -0.814. The zero-order valence-electron chi connectivity index (χ0n) is 7.57. The summed E-state index contributed by atoms with van der Waals surface area (Å²) in [6.07, 6.45) is -0.0930. The normalized spacial score (nSPS) is 15.4. The molecule has 1 aromatic heterocycles. The monoisotopic (exact) mass is 185 g/mol. The Kier molecular flexibility index (Phi) is 3.33. The zero-order valence-corrected chi connectivity index (χ0v) is 7.57. The molecule has 0 aliphatic carbocycles. The van der Waals surface area contributed by atoms with Gasteiger partial charge in [0.1, 0.15) is 11.9 Å². The van der Waals surface area contributed by atoms with Gasteiger partial charge in [0.05, 0.1) is 18.0 Å². The van der Waals surface area contributed by atoms with Crippen molar-refractivity contribution in [1.82, 2.24) is 4.98 Å². The molecule has 1 unspecified atom stereocenters. The van der Waals surface area contributed by atoms with Gasteiger partial charge in [-0.15, -0.1) is 0 Å². The fourth-order valence-corrected chi connectivity index (χ4v) is 0.932. The number of aliphatic hydroxyl groups excluding tert-OH is 1. The van der Waals surface area contributed by atoms with Crippen LogP contribution in [0, 0.1) is 5.82 Å². The fraction of sp³-hybridized carbons (Fsp3) is 0.444. The first kappa shape index (κ1) is 10.1. The van der Waals surface area contributed by atoms with Crippen molar-refractivity contribution in [1.29, 1.82) is 0 Å². The van der Waals surface area contributed by atoms with E-state index in [1.54, 1.807) is 6.92 Å². The molecule has 2 atom stereocenters. The van der Waals surface area contributed by atoms with Gasteiger partial charge in [0.15, 0.2) is 0 Å². The van der Waals surface area contributed by atoms with Crippen LogP contribution in [-0.2, 0) is 4.74 Å². The van der Waals surface area contributed by atoms with Gasteiger partial charge in [0.2, 0.25) is 0 Å². The Morgan fingerprint density at radius 3 is 2.69 bits per heavy atom. The van der Waals surface area contributed by atoms with E-state index in [4.69, 9.17) is 4.74 Å². The molecular weight excluding hydrogens is 173 g/mol. The molecule has 0 bridgehead atoms. The van der Waals surface area contributed by atoms with E-state index in [-0.39, 0.29) is 6.10 Å². The number of pyridine rings is 1. The van der Waals surface area contributed by atoms with E-state index in [1.165, 1.54) is 19.2 Å². The molecule has 1 heterocycles. The standard InChI is InChI=1S/C9H12FNO2/c1-6(13-2)9(12)8-4-3-7(10)5-11-8/h3-6,9,12H,1-2H3/t6-,9?/m0/s1. The van der Waals surface area contributed by atoms with Crippen LogP contribution in [0.3, 0.4) is 0 Å². The maximum absolute atomic E-state index is 12.5. The van der Waals surface area contributed by atoms with Gasteiger partial charge >= 0.3 is 0 Å². The SMILES string of the molecule is CO[C@@H](C)C(O)c1ccc(F)cn1. The van der Waals surface area contributed by atoms with Crippen LogP contribution in [0.5, 0.6) is 0 Å². The average Bonchev–Trinajstić information content (AvgIpc) is 2.17. The third kappa shape index (κ3) is 2.47. The number of methoxy groups -OCH3 is 1. The minimum Gasteiger partial charge on any atom is -0.384 e. The van der Waals surface area contributed by atoms with E-state index in [2.05, 4.69) is 4.98 Å². The second-order valence-electron chi connectivity index (χ2n) is 2.79. The Bertz CT molecular complexity index is 263. The van der Waals surface area contributed by atoms with Crippen LogP contribution in [0.25, 0.3) is 0 Å². The lowest BCUT2D eigenvalue weighted by Gasteiger charge is -2.16. The van der Waals surface area contributed by atoms with Crippen molar-refractivity contribution < 1.29 is 14.2 Å². The topological polar surface area (TPSA) is 42.4 Å². The molecule has 13 heavy (non-hydrogen) atoms. The number of nitrogens with zero attached hydrogens (tertiary/aromatic N) is 1. The maximum Gasteiger partial charge on any atom is 0.141 e. The molecule has 0 spiro atoms. The van der Waals surface area contributed by atoms with E-state index in [0.29, 0.717) is 5.69 Å². The van der Waals surface area contributed by atoms with Gasteiger partial charge in [-0.25, -0.2) is 4.39 Å². The second kappa shape index (κ2) is 4.30. The summed E-state index contributed by atoms with van der Waals surface area (Å²) in [5.41, 5.74) is 0.413. The van der Waals surface area contributed by atoms with Gasteiger partial charge in [-0.2, -0.15) is 0 Å². The number of hydrogen-bond donors (Lipinski definition) is 1. The molecule has 0 amide bonds. The van der Waals surface area contributed by atoms with Crippen molar-refractivity contribution in [2.45, 2.75) is 19.1 Å². The third-order valence-corrected chi connectivity index (χ3v) is 1.87. The summed E-state index contributed by atoms with van der Waals surface area (Å²) in [7, 11) is 1.50. The smallest absolute Gasteiger partial charge is 0.141 e. The molecule has 0 saturated heterocycles. The fourth-order valence-electron chi connectivity index (χ4n) is 0.932. The Labute approximate surface area is 76.2 Å². The van der Waals surface area contributed by atoms with Crippen molar-refractivity contribution in [3.8, 4) is 0 Å². The quantitative estimate of drug-likeness (QED) is 0.771. The molecule has 72 valence electrons. The predicted octanol–water partition coefficient (Wildman–Crippen LogP) is 1.29. The molecule has 4 heteroatoms. The van der Waals surface area contributed by atoms with Crippen molar-refractivity contribution in [3.05, 3.63) is 29.8 Å². The molecule has 1 aromatic rings. The number of hydrogen-bond acceptors (Lipinski definition) is 3. The number of halogens is 1. The van der Waals surface area contributed by atoms with E-state index in [1.807, 2.05) is 0 Å². The van der Waals surface area contributed by atoms with E-state index < -0.39 is 11.9 Å². The maximum atomic E-state index is 12.5. The molecule has 0 aromatic carbocycles. The van der Waals surface area contributed by atoms with Crippen molar-refractivity contribution >= 4 is 0 Å². The minimum absolute atomic E-state index is 0.349. The summed E-state index contributed by atoms with van der Waals surface area (Å²) in [5, 5.41) is 9.57. The lowest BCUT2D eigenvalue weighted by Crippen LogP contribution is -2.17. The van der Waals surface area contributed by atoms with Gasteiger partial charge < -0.3 is 9.84 Å². The number of ether oxygens (including phenoxy) is 1. The first-order valence-electron chi connectivity index (χ1n) is 3.97. The third-order valence-electron chi connectivity index (χ3n) is 1.87. The molecular formula is C9H12FNO2. The van der Waals surface area contributed by atoms with Crippen LogP contribution >= 0.6 is 0 Å². The van der Waals surface area contributed by atoms with Crippen LogP contribution < -0.4 is 0 Å². The molecule has 0 aliphatic heterocycles. The summed E-state index contributed by atoms with van der Waals surface area (Å²) in [4.78, 5) is 3.74. The molecule has 0 fully saturated rings. The van der Waals surface area contributed by atoms with Crippen LogP contribution in [0.1, 0.15) is 18.7 Å². The predicted molar refractivity (Wildman–Crippen MR) is 45.6 cm³/mol.